The molecule has 2 saturated heterocycles. The van der Waals surface area contributed by atoms with Gasteiger partial charge in [0.1, 0.15) is 0 Å². The molecule has 0 unspecified atom stereocenters. The molecule has 2 atom stereocenters. The van der Waals surface area contributed by atoms with Gasteiger partial charge in [-0.15, -0.1) is 0 Å². The van der Waals surface area contributed by atoms with E-state index < -0.39 is 6.10 Å². The Morgan fingerprint density at radius 3 is 2.31 bits per heavy atom. The molecule has 0 spiro atoms. The highest BCUT2D eigenvalue weighted by atomic mass is 16.5. The van der Waals surface area contributed by atoms with Gasteiger partial charge in [0.15, 0.2) is 0 Å². The number of rotatable bonds is 5. The van der Waals surface area contributed by atoms with E-state index in [4.69, 9.17) is 24.5 Å². The van der Waals surface area contributed by atoms with Crippen LogP contribution < -0.4 is 0 Å². The summed E-state index contributed by atoms with van der Waals surface area (Å²) in [7, 11) is 0. The van der Waals surface area contributed by atoms with E-state index in [0.717, 1.165) is 44.8 Å². The first-order chi connectivity index (χ1) is 14.0. The van der Waals surface area contributed by atoms with Crippen LogP contribution >= 0.6 is 0 Å². The number of aliphatic hydroxyl groups excluding tert-OH is 1. The second-order valence-electron chi connectivity index (χ2n) is 6.60. The van der Waals surface area contributed by atoms with Crippen LogP contribution in [0.1, 0.15) is 12.0 Å². The van der Waals surface area contributed by atoms with Crippen molar-refractivity contribution in [3.05, 3.63) is 30.1 Å². The number of amides is 1. The van der Waals surface area contributed by atoms with Crippen molar-refractivity contribution in [1.29, 1.82) is 0 Å². The number of likely N-dealkylation sites (tertiary alicyclic amines) is 1. The molecule has 10 nitrogen and oxygen atoms in total. The molecule has 0 aromatic carbocycles. The van der Waals surface area contributed by atoms with Gasteiger partial charge in [-0.25, -0.2) is 0 Å². The van der Waals surface area contributed by atoms with Crippen LogP contribution in [-0.2, 0) is 25.5 Å². The first-order valence-corrected chi connectivity index (χ1v) is 9.36. The lowest BCUT2D eigenvalue weighted by molar-refractivity contribution is -0.131. The van der Waals surface area contributed by atoms with Gasteiger partial charge in [0.25, 0.3) is 12.9 Å². The van der Waals surface area contributed by atoms with E-state index in [2.05, 4.69) is 9.88 Å². The Labute approximate surface area is 169 Å². The molecule has 2 aliphatic heterocycles. The fourth-order valence-electron chi connectivity index (χ4n) is 3.32. The number of carbonyl (C=O) groups is 3. The maximum Gasteiger partial charge on any atom is 0.290 e. The molecular weight excluding hydrogens is 382 g/mol. The van der Waals surface area contributed by atoms with Crippen molar-refractivity contribution >= 4 is 18.9 Å². The second kappa shape index (κ2) is 14.4. The third kappa shape index (κ3) is 9.46. The minimum absolute atomic E-state index is 0.115. The predicted molar refractivity (Wildman–Crippen MR) is 103 cm³/mol. The third-order valence-electron chi connectivity index (χ3n) is 4.75. The number of carboxylic acid groups (broad SMARTS) is 2. The van der Waals surface area contributed by atoms with Crippen LogP contribution in [0.25, 0.3) is 0 Å². The summed E-state index contributed by atoms with van der Waals surface area (Å²) < 4.78 is 5.32. The highest BCUT2D eigenvalue weighted by Crippen LogP contribution is 2.22. The first-order valence-electron chi connectivity index (χ1n) is 9.36. The molecule has 162 valence electrons. The Morgan fingerprint density at radius 2 is 1.72 bits per heavy atom. The minimum Gasteiger partial charge on any atom is -0.483 e. The molecule has 0 aliphatic carbocycles. The molecule has 3 rings (SSSR count). The zero-order chi connectivity index (χ0) is 21.5. The van der Waals surface area contributed by atoms with Gasteiger partial charge in [-0.1, -0.05) is 0 Å². The SMILES string of the molecule is O=C(CCN1CCOCC1)N1C[C@@H](Cc2ccncc2)[C@@H](O)C1.O=CO.O=CO. The van der Waals surface area contributed by atoms with Crippen LogP contribution in [0.5, 0.6) is 0 Å². The maximum atomic E-state index is 12.4. The number of nitrogens with zero attached hydrogens (tertiary/aromatic N) is 3. The minimum atomic E-state index is -0.435. The molecular formula is C19H29N3O7. The Morgan fingerprint density at radius 1 is 1.14 bits per heavy atom. The van der Waals surface area contributed by atoms with Gasteiger partial charge in [0.05, 0.1) is 19.3 Å². The topological polar surface area (TPSA) is 140 Å². The molecule has 2 aliphatic rings. The van der Waals surface area contributed by atoms with Gasteiger partial charge < -0.3 is 25.0 Å². The summed E-state index contributed by atoms with van der Waals surface area (Å²) >= 11 is 0. The molecule has 0 bridgehead atoms. The standard InChI is InChI=1S/C17H25N3O3.2CH2O2/c21-16-13-20(12-15(16)11-14-1-4-18-5-2-14)17(22)3-6-19-7-9-23-10-8-19;2*2-1-3/h1-2,4-5,15-16,21H,3,6-13H2;2*1H,(H,2,3)/t15-,16+;;/m1../s1. The molecule has 2 fully saturated rings. The van der Waals surface area contributed by atoms with Crippen LogP contribution in [0.15, 0.2) is 24.5 Å². The highest BCUT2D eigenvalue weighted by molar-refractivity contribution is 5.76. The molecule has 1 aromatic heterocycles. The van der Waals surface area contributed by atoms with Crippen molar-refractivity contribution in [3.63, 3.8) is 0 Å². The fraction of sp³-hybridized carbons (Fsp3) is 0.579. The van der Waals surface area contributed by atoms with Gasteiger partial charge in [-0.2, -0.15) is 0 Å². The van der Waals surface area contributed by atoms with E-state index in [1.54, 1.807) is 12.4 Å². The Kier molecular flexibility index (Phi) is 12.2. The van der Waals surface area contributed by atoms with Gasteiger partial charge in [-0.3, -0.25) is 24.3 Å². The summed E-state index contributed by atoms with van der Waals surface area (Å²) in [5.74, 6) is 0.262. The molecule has 10 heteroatoms. The zero-order valence-corrected chi connectivity index (χ0v) is 16.3. The van der Waals surface area contributed by atoms with E-state index in [1.807, 2.05) is 17.0 Å². The van der Waals surface area contributed by atoms with E-state index in [-0.39, 0.29) is 24.8 Å². The van der Waals surface area contributed by atoms with Gasteiger partial charge in [0.2, 0.25) is 5.91 Å². The number of aliphatic hydroxyl groups is 1. The number of morpholine rings is 1. The van der Waals surface area contributed by atoms with E-state index in [1.165, 1.54) is 0 Å². The maximum absolute atomic E-state index is 12.4. The molecule has 29 heavy (non-hydrogen) atoms. The predicted octanol–water partition coefficient (Wildman–Crippen LogP) is -0.433. The molecule has 0 saturated carbocycles. The lowest BCUT2D eigenvalue weighted by atomic mass is 9.97. The summed E-state index contributed by atoms with van der Waals surface area (Å²) in [6.07, 6.45) is 4.41. The highest BCUT2D eigenvalue weighted by Gasteiger charge is 2.33. The number of ether oxygens (including phenoxy) is 1. The number of hydrogen-bond donors (Lipinski definition) is 3. The second-order valence-corrected chi connectivity index (χ2v) is 6.60. The molecule has 0 radical (unpaired) electrons. The van der Waals surface area contributed by atoms with Gasteiger partial charge in [-0.05, 0) is 24.1 Å². The summed E-state index contributed by atoms with van der Waals surface area (Å²) in [4.78, 5) is 37.2. The quantitative estimate of drug-likeness (QED) is 0.550. The summed E-state index contributed by atoms with van der Waals surface area (Å²) in [5, 5.41) is 24.0. The normalized spacial score (nSPS) is 21.2. The van der Waals surface area contributed by atoms with E-state index in [9.17, 15) is 9.90 Å². The van der Waals surface area contributed by atoms with Crippen LogP contribution in [0, 0.1) is 5.92 Å². The number of β-amino-alcohol motifs (C(OH)–C–C–N with tert-alkyl or cyclic N) is 1. The molecule has 1 amide bonds. The average Bonchev–Trinajstić information content (AvgIpc) is 3.09. The molecule has 3 heterocycles. The van der Waals surface area contributed by atoms with Crippen molar-refractivity contribution < 1.29 is 34.4 Å². The van der Waals surface area contributed by atoms with Crippen LogP contribution in [0.3, 0.4) is 0 Å². The fourth-order valence-corrected chi connectivity index (χ4v) is 3.32. The third-order valence-corrected chi connectivity index (χ3v) is 4.75. The summed E-state index contributed by atoms with van der Waals surface area (Å²) in [5.41, 5.74) is 1.16. The van der Waals surface area contributed by atoms with E-state index in [0.29, 0.717) is 19.5 Å². The van der Waals surface area contributed by atoms with Crippen molar-refractivity contribution in [2.75, 3.05) is 45.9 Å². The van der Waals surface area contributed by atoms with Crippen LogP contribution in [-0.4, -0.2) is 101 Å². The lowest BCUT2D eigenvalue weighted by Gasteiger charge is -2.27. The largest absolute Gasteiger partial charge is 0.483 e. The summed E-state index contributed by atoms with van der Waals surface area (Å²) in [6, 6.07) is 3.94. The Bertz CT molecular complexity index is 591. The molecule has 3 N–H and O–H groups in total. The van der Waals surface area contributed by atoms with Crippen molar-refractivity contribution in [2.24, 2.45) is 5.92 Å². The number of carbonyl (C=O) groups excluding carboxylic acids is 1. The Hall–Kier alpha value is -2.56. The van der Waals surface area contributed by atoms with Crippen LogP contribution in [0.2, 0.25) is 0 Å². The Balaban J connectivity index is 0.000000626. The van der Waals surface area contributed by atoms with Crippen LogP contribution in [0.4, 0.5) is 0 Å². The number of hydrogen-bond acceptors (Lipinski definition) is 7. The average molecular weight is 411 g/mol. The number of aromatic nitrogens is 1. The zero-order valence-electron chi connectivity index (χ0n) is 16.3. The van der Waals surface area contributed by atoms with Crippen molar-refractivity contribution in [3.8, 4) is 0 Å². The summed E-state index contributed by atoms with van der Waals surface area (Å²) in [6.45, 7) is 4.70. The number of pyridine rings is 1. The molecule has 1 aromatic rings. The lowest BCUT2D eigenvalue weighted by Crippen LogP contribution is -2.39. The van der Waals surface area contributed by atoms with Gasteiger partial charge in [0, 0.05) is 57.5 Å². The monoisotopic (exact) mass is 411 g/mol. The van der Waals surface area contributed by atoms with Crippen molar-refractivity contribution in [1.82, 2.24) is 14.8 Å². The van der Waals surface area contributed by atoms with Gasteiger partial charge >= 0.3 is 0 Å². The first kappa shape index (κ1) is 24.5. The van der Waals surface area contributed by atoms with E-state index >= 15 is 0 Å². The van der Waals surface area contributed by atoms with Crippen molar-refractivity contribution in [2.45, 2.75) is 18.9 Å². The smallest absolute Gasteiger partial charge is 0.290 e.